The van der Waals surface area contributed by atoms with Gasteiger partial charge in [-0.1, -0.05) is 6.92 Å². The third kappa shape index (κ3) is 2.90. The number of nitrogens with zero attached hydrogens (tertiary/aromatic N) is 3. The number of hydrogen-bond donors (Lipinski definition) is 0. The van der Waals surface area contributed by atoms with Crippen molar-refractivity contribution in [2.75, 3.05) is 6.54 Å². The van der Waals surface area contributed by atoms with Crippen LogP contribution in [0.5, 0.6) is 0 Å². The van der Waals surface area contributed by atoms with Crippen LogP contribution in [0.2, 0.25) is 0 Å². The van der Waals surface area contributed by atoms with E-state index >= 15 is 0 Å². The van der Waals surface area contributed by atoms with Crippen LogP contribution in [-0.4, -0.2) is 26.9 Å². The van der Waals surface area contributed by atoms with E-state index in [9.17, 15) is 4.79 Å². The molecule has 1 aromatic carbocycles. The predicted octanol–water partition coefficient (Wildman–Crippen LogP) is 3.69. The lowest BCUT2D eigenvalue weighted by Crippen LogP contribution is -2.32. The van der Waals surface area contributed by atoms with E-state index in [1.165, 1.54) is 4.70 Å². The van der Waals surface area contributed by atoms with Gasteiger partial charge in [-0.2, -0.15) is 0 Å². The van der Waals surface area contributed by atoms with Gasteiger partial charge in [0.15, 0.2) is 0 Å². The molecule has 4 nitrogen and oxygen atoms in total. The van der Waals surface area contributed by atoms with Crippen molar-refractivity contribution in [1.82, 2.24) is 14.5 Å². The highest BCUT2D eigenvalue weighted by Crippen LogP contribution is 2.22. The molecule has 0 bridgehead atoms. The van der Waals surface area contributed by atoms with E-state index in [-0.39, 0.29) is 5.91 Å². The number of rotatable bonds is 5. The molecule has 0 fully saturated rings. The van der Waals surface area contributed by atoms with Crippen LogP contribution in [0.25, 0.3) is 10.1 Å². The van der Waals surface area contributed by atoms with Gasteiger partial charge in [0, 0.05) is 36.2 Å². The molecule has 0 saturated carbocycles. The Labute approximate surface area is 134 Å². The van der Waals surface area contributed by atoms with Gasteiger partial charge in [0.2, 0.25) is 0 Å². The molecule has 22 heavy (non-hydrogen) atoms. The van der Waals surface area contributed by atoms with Crippen LogP contribution in [0.1, 0.15) is 29.5 Å². The third-order valence-corrected chi connectivity index (χ3v) is 4.63. The number of thiophene rings is 1. The Hall–Kier alpha value is -2.14. The summed E-state index contributed by atoms with van der Waals surface area (Å²) in [7, 11) is 1.95. The number of amides is 1. The third-order valence-electron chi connectivity index (χ3n) is 3.73. The number of aryl methyl sites for hydroxylation is 1. The van der Waals surface area contributed by atoms with Gasteiger partial charge in [0.05, 0.1) is 6.54 Å². The number of carbonyl (C=O) groups excluding carboxylic acids is 1. The molecule has 5 heteroatoms. The van der Waals surface area contributed by atoms with Crippen molar-refractivity contribution in [2.24, 2.45) is 7.05 Å². The lowest BCUT2D eigenvalue weighted by atomic mass is 10.1. The van der Waals surface area contributed by atoms with Crippen LogP contribution in [0.4, 0.5) is 0 Å². The fraction of sp³-hybridized carbons (Fsp3) is 0.294. The summed E-state index contributed by atoms with van der Waals surface area (Å²) in [6.45, 7) is 3.35. The van der Waals surface area contributed by atoms with Crippen molar-refractivity contribution in [3.63, 3.8) is 0 Å². The van der Waals surface area contributed by atoms with Crippen LogP contribution >= 0.6 is 11.3 Å². The molecule has 2 heterocycles. The van der Waals surface area contributed by atoms with Crippen molar-refractivity contribution in [1.29, 1.82) is 0 Å². The van der Waals surface area contributed by atoms with Gasteiger partial charge in [-0.15, -0.1) is 11.3 Å². The van der Waals surface area contributed by atoms with E-state index in [4.69, 9.17) is 0 Å². The van der Waals surface area contributed by atoms with Crippen LogP contribution < -0.4 is 0 Å². The van der Waals surface area contributed by atoms with Crippen molar-refractivity contribution >= 4 is 27.3 Å². The minimum atomic E-state index is 0.0675. The van der Waals surface area contributed by atoms with E-state index in [1.807, 2.05) is 40.9 Å². The van der Waals surface area contributed by atoms with E-state index in [1.54, 1.807) is 17.5 Å². The molecule has 0 aliphatic heterocycles. The van der Waals surface area contributed by atoms with Gasteiger partial charge in [-0.25, -0.2) is 4.98 Å². The first-order valence-corrected chi connectivity index (χ1v) is 8.29. The molecule has 1 amide bonds. The van der Waals surface area contributed by atoms with Gasteiger partial charge in [0.25, 0.3) is 5.91 Å². The fourth-order valence-corrected chi connectivity index (χ4v) is 3.30. The second kappa shape index (κ2) is 6.32. The molecule has 2 aromatic heterocycles. The first-order chi connectivity index (χ1) is 10.7. The lowest BCUT2D eigenvalue weighted by molar-refractivity contribution is 0.0738. The van der Waals surface area contributed by atoms with Crippen LogP contribution in [0.3, 0.4) is 0 Å². The summed E-state index contributed by atoms with van der Waals surface area (Å²) in [5.41, 5.74) is 0.744. The number of carbonyl (C=O) groups is 1. The first-order valence-electron chi connectivity index (χ1n) is 7.41. The smallest absolute Gasteiger partial charge is 0.254 e. The van der Waals surface area contributed by atoms with Crippen LogP contribution in [-0.2, 0) is 13.6 Å². The SMILES string of the molecule is CCCN(Cc1nccn1C)C(=O)c1ccc2sccc2c1. The van der Waals surface area contributed by atoms with Crippen molar-refractivity contribution in [2.45, 2.75) is 19.9 Å². The summed E-state index contributed by atoms with van der Waals surface area (Å²) in [6, 6.07) is 7.98. The van der Waals surface area contributed by atoms with E-state index in [2.05, 4.69) is 23.4 Å². The summed E-state index contributed by atoms with van der Waals surface area (Å²) >= 11 is 1.69. The number of hydrogen-bond acceptors (Lipinski definition) is 3. The molecule has 0 spiro atoms. The Bertz CT molecular complexity index is 790. The molecule has 3 rings (SSSR count). The minimum absolute atomic E-state index is 0.0675. The fourth-order valence-electron chi connectivity index (χ4n) is 2.52. The molecule has 0 N–H and O–H groups in total. The van der Waals surface area contributed by atoms with Crippen LogP contribution in [0, 0.1) is 0 Å². The largest absolute Gasteiger partial charge is 0.337 e. The Morgan fingerprint density at radius 2 is 2.23 bits per heavy atom. The minimum Gasteiger partial charge on any atom is -0.337 e. The highest BCUT2D eigenvalue weighted by molar-refractivity contribution is 7.17. The summed E-state index contributed by atoms with van der Waals surface area (Å²) in [5, 5.41) is 3.18. The van der Waals surface area contributed by atoms with Gasteiger partial charge < -0.3 is 9.47 Å². The molecule has 0 aliphatic rings. The average molecular weight is 313 g/mol. The maximum absolute atomic E-state index is 12.8. The van der Waals surface area contributed by atoms with Crippen LogP contribution in [0.15, 0.2) is 42.0 Å². The maximum atomic E-state index is 12.8. The van der Waals surface area contributed by atoms with Gasteiger partial charge in [0.1, 0.15) is 5.82 Å². The number of benzene rings is 1. The summed E-state index contributed by atoms with van der Waals surface area (Å²) in [4.78, 5) is 19.0. The molecule has 3 aromatic rings. The van der Waals surface area contributed by atoms with Gasteiger partial charge in [-0.05, 0) is 41.5 Å². The highest BCUT2D eigenvalue weighted by atomic mass is 32.1. The molecule has 0 aliphatic carbocycles. The molecule has 0 unspecified atom stereocenters. The number of imidazole rings is 1. The topological polar surface area (TPSA) is 38.1 Å². The van der Waals surface area contributed by atoms with E-state index < -0.39 is 0 Å². The normalized spacial score (nSPS) is 11.0. The second-order valence-electron chi connectivity index (χ2n) is 5.35. The molecule has 0 atom stereocenters. The van der Waals surface area contributed by atoms with Gasteiger partial charge in [-0.3, -0.25) is 4.79 Å². The average Bonchev–Trinajstić information content (AvgIpc) is 3.14. The number of aromatic nitrogens is 2. The van der Waals surface area contributed by atoms with Crippen molar-refractivity contribution in [3.05, 3.63) is 53.4 Å². The Morgan fingerprint density at radius 3 is 2.95 bits per heavy atom. The quantitative estimate of drug-likeness (QED) is 0.720. The molecule has 114 valence electrons. The van der Waals surface area contributed by atoms with E-state index in [0.29, 0.717) is 6.54 Å². The van der Waals surface area contributed by atoms with Crippen molar-refractivity contribution < 1.29 is 4.79 Å². The first kappa shape index (κ1) is 14.8. The Morgan fingerprint density at radius 1 is 1.36 bits per heavy atom. The monoisotopic (exact) mass is 313 g/mol. The number of fused-ring (bicyclic) bond motifs is 1. The van der Waals surface area contributed by atoms with E-state index in [0.717, 1.165) is 29.7 Å². The zero-order valence-corrected chi connectivity index (χ0v) is 13.6. The van der Waals surface area contributed by atoms with Gasteiger partial charge >= 0.3 is 0 Å². The predicted molar refractivity (Wildman–Crippen MR) is 90.1 cm³/mol. The molecular formula is C17H19N3OS. The molecular weight excluding hydrogens is 294 g/mol. The Kier molecular flexibility index (Phi) is 4.24. The summed E-state index contributed by atoms with van der Waals surface area (Å²) < 4.78 is 3.17. The zero-order valence-electron chi connectivity index (χ0n) is 12.8. The Balaban J connectivity index is 1.86. The highest BCUT2D eigenvalue weighted by Gasteiger charge is 2.17. The zero-order chi connectivity index (χ0) is 15.5. The summed E-state index contributed by atoms with van der Waals surface area (Å²) in [5.74, 6) is 0.969. The standard InChI is InChI=1S/C17H19N3OS/c1-3-8-20(12-16-18-7-9-19(16)2)17(21)14-4-5-15-13(11-14)6-10-22-15/h4-7,9-11H,3,8,12H2,1-2H3. The van der Waals surface area contributed by atoms with Crippen molar-refractivity contribution in [3.8, 4) is 0 Å². The molecule has 0 saturated heterocycles. The summed E-state index contributed by atoms with van der Waals surface area (Å²) in [6.07, 6.45) is 4.60. The lowest BCUT2D eigenvalue weighted by Gasteiger charge is -2.22. The molecule has 0 radical (unpaired) electrons. The second-order valence-corrected chi connectivity index (χ2v) is 6.30. The maximum Gasteiger partial charge on any atom is 0.254 e.